The molecule has 14 heteroatoms. The molecule has 11 nitrogen and oxygen atoms in total. The van der Waals surface area contributed by atoms with Crippen molar-refractivity contribution in [2.24, 2.45) is 0 Å². The Morgan fingerprint density at radius 3 is 2.51 bits per heavy atom. The van der Waals surface area contributed by atoms with Crippen molar-refractivity contribution < 1.29 is 17.9 Å². The minimum atomic E-state index is -3.81. The first-order valence-corrected chi connectivity index (χ1v) is 15.6. The molecule has 0 atom stereocenters. The van der Waals surface area contributed by atoms with Gasteiger partial charge in [-0.15, -0.1) is 0 Å². The van der Waals surface area contributed by atoms with Gasteiger partial charge in [0.15, 0.2) is 0 Å². The molecular weight excluding hydrogens is 666 g/mol. The summed E-state index contributed by atoms with van der Waals surface area (Å²) >= 11 is 1.97. The second-order valence-corrected chi connectivity index (χ2v) is 13.1. The fourth-order valence-electron chi connectivity index (χ4n) is 5.09. The lowest BCUT2D eigenvalue weighted by Gasteiger charge is -2.22. The Morgan fingerprint density at radius 1 is 1.10 bits per heavy atom. The number of aryl methyl sites for hydroxylation is 1. The summed E-state index contributed by atoms with van der Waals surface area (Å²) in [6.45, 7) is 2.30. The molecule has 2 aromatic heterocycles. The van der Waals surface area contributed by atoms with Gasteiger partial charge in [-0.2, -0.15) is 12.7 Å². The lowest BCUT2D eigenvalue weighted by atomic mass is 10.1. The third kappa shape index (κ3) is 5.08. The van der Waals surface area contributed by atoms with Gasteiger partial charge in [-0.05, 0) is 103 Å². The van der Waals surface area contributed by atoms with Crippen molar-refractivity contribution in [3.8, 4) is 11.6 Å². The van der Waals surface area contributed by atoms with E-state index >= 15 is 0 Å². The highest BCUT2D eigenvalue weighted by atomic mass is 127. The van der Waals surface area contributed by atoms with Gasteiger partial charge >= 0.3 is 15.9 Å². The maximum absolute atomic E-state index is 14.8. The Balaban J connectivity index is 1.57. The highest BCUT2D eigenvalue weighted by molar-refractivity contribution is 14.1. The van der Waals surface area contributed by atoms with Crippen LogP contribution in [0.3, 0.4) is 0 Å². The largest absolute Gasteiger partial charge is 0.858 e. The zero-order valence-electron chi connectivity index (χ0n) is 21.9. The molecule has 2 aromatic carbocycles. The van der Waals surface area contributed by atoms with E-state index in [1.807, 2.05) is 22.6 Å². The van der Waals surface area contributed by atoms with Crippen LogP contribution in [-0.4, -0.2) is 39.9 Å². The number of benzene rings is 2. The van der Waals surface area contributed by atoms with Crippen molar-refractivity contribution in [2.75, 3.05) is 23.1 Å². The molecule has 2 fully saturated rings. The predicted molar refractivity (Wildman–Crippen MR) is 160 cm³/mol. The summed E-state index contributed by atoms with van der Waals surface area (Å²) in [5.41, 5.74) is -0.763. The molecule has 2 aliphatic rings. The van der Waals surface area contributed by atoms with E-state index in [-0.39, 0.29) is 45.4 Å². The van der Waals surface area contributed by atoms with Crippen LogP contribution in [0.2, 0.25) is 0 Å². The smallest absolute Gasteiger partial charge is 0.336 e. The Hall–Kier alpha value is -3.50. The normalized spacial score (nSPS) is 15.9. The van der Waals surface area contributed by atoms with Gasteiger partial charge in [-0.3, -0.25) is 18.7 Å². The first-order valence-electron chi connectivity index (χ1n) is 13.0. The Kier molecular flexibility index (Phi) is 7.02. The molecule has 0 spiro atoms. The fourth-order valence-corrected chi connectivity index (χ4v) is 6.83. The van der Waals surface area contributed by atoms with E-state index < -0.39 is 33.2 Å². The number of hydrogen-bond donors (Lipinski definition) is 2. The number of nitrogens with zero attached hydrogens (tertiary/aromatic N) is 4. The first-order chi connectivity index (χ1) is 19.5. The topological polar surface area (TPSA) is 141 Å². The minimum Gasteiger partial charge on any atom is -0.858 e. The number of aromatic nitrogens is 3. The van der Waals surface area contributed by atoms with Crippen molar-refractivity contribution in [3.05, 3.63) is 78.3 Å². The summed E-state index contributed by atoms with van der Waals surface area (Å²) in [6.07, 6.45) is 2.80. The molecule has 1 aliphatic carbocycles. The number of hydrogen-bond acceptors (Lipinski definition) is 7. The van der Waals surface area contributed by atoms with Gasteiger partial charge in [0, 0.05) is 22.7 Å². The zero-order valence-corrected chi connectivity index (χ0v) is 24.8. The maximum atomic E-state index is 14.8. The highest BCUT2D eigenvalue weighted by Crippen LogP contribution is 2.35. The van der Waals surface area contributed by atoms with Gasteiger partial charge in [-0.1, -0.05) is 6.07 Å². The van der Waals surface area contributed by atoms with Crippen LogP contribution in [-0.2, 0) is 10.2 Å². The van der Waals surface area contributed by atoms with Crippen molar-refractivity contribution >= 4 is 60.9 Å². The van der Waals surface area contributed by atoms with E-state index in [4.69, 9.17) is 0 Å². The molecule has 1 aliphatic heterocycles. The molecule has 2 N–H and O–H groups in total. The zero-order chi connectivity index (χ0) is 29.1. The van der Waals surface area contributed by atoms with Gasteiger partial charge in [0.1, 0.15) is 17.0 Å². The molecule has 0 radical (unpaired) electrons. The lowest BCUT2D eigenvalue weighted by molar-refractivity contribution is -0.275. The Labute approximate surface area is 248 Å². The monoisotopic (exact) mass is 691 g/mol. The second kappa shape index (κ2) is 10.4. The molecule has 214 valence electrons. The maximum Gasteiger partial charge on any atom is 0.336 e. The first kappa shape index (κ1) is 27.7. The van der Waals surface area contributed by atoms with E-state index in [9.17, 15) is 27.5 Å². The van der Waals surface area contributed by atoms with Crippen LogP contribution >= 0.6 is 22.6 Å². The quantitative estimate of drug-likeness (QED) is 0.283. The van der Waals surface area contributed by atoms with E-state index in [0.717, 1.165) is 17.4 Å². The summed E-state index contributed by atoms with van der Waals surface area (Å²) in [6, 6.07) is 10.3. The molecule has 41 heavy (non-hydrogen) atoms. The van der Waals surface area contributed by atoms with E-state index in [1.165, 1.54) is 34.0 Å². The minimum absolute atomic E-state index is 0.0101. The van der Waals surface area contributed by atoms with Gasteiger partial charge in [0.25, 0.3) is 5.56 Å². The van der Waals surface area contributed by atoms with Crippen LogP contribution in [0.4, 0.5) is 21.6 Å². The third-order valence-corrected chi connectivity index (χ3v) is 9.48. The van der Waals surface area contributed by atoms with Crippen LogP contribution < -0.4 is 26.4 Å². The van der Waals surface area contributed by atoms with Gasteiger partial charge in [0.2, 0.25) is 0 Å². The van der Waals surface area contributed by atoms with Gasteiger partial charge < -0.3 is 10.4 Å². The number of anilines is 3. The van der Waals surface area contributed by atoms with Crippen molar-refractivity contribution in [1.29, 1.82) is 0 Å². The van der Waals surface area contributed by atoms with Crippen molar-refractivity contribution in [1.82, 2.24) is 18.4 Å². The molecule has 0 amide bonds. The average Bonchev–Trinajstić information content (AvgIpc) is 3.57. The Morgan fingerprint density at radius 2 is 1.83 bits per heavy atom. The molecule has 0 bridgehead atoms. The summed E-state index contributed by atoms with van der Waals surface area (Å²) in [5.74, 6) is -1.48. The molecule has 4 aromatic rings. The van der Waals surface area contributed by atoms with E-state index in [1.54, 1.807) is 24.3 Å². The van der Waals surface area contributed by atoms with Crippen LogP contribution in [0.5, 0.6) is 5.88 Å². The SMILES string of the molecule is Cc1c([O-])nc(Nc2ccc(I)cc2F)c2c(=O)n(C3CC3)c(=O)n(-c3cccc(NS(=O)(=O)N4CCCC4)c3)c12. The number of halogens is 2. The standard InChI is InChI=1S/C27H26FIN6O5S/c1-15-23-22(24(31-25(15)36)30-21-10-7-16(29)13-20(21)28)26(37)35(18-8-9-18)27(38)34(23)19-6-4-5-17(14-19)32-41(39,40)33-11-2-3-12-33/h4-7,10,13-14,18,32H,2-3,8-9,11-12H2,1H3,(H2,30,31,36)/p-1. The summed E-state index contributed by atoms with van der Waals surface area (Å²) in [4.78, 5) is 31.8. The second-order valence-electron chi connectivity index (χ2n) is 10.2. The summed E-state index contributed by atoms with van der Waals surface area (Å²) in [5, 5.41) is 15.8. The van der Waals surface area contributed by atoms with Crippen molar-refractivity contribution in [3.63, 3.8) is 0 Å². The summed E-state index contributed by atoms with van der Waals surface area (Å²) in [7, 11) is -3.81. The highest BCUT2D eigenvalue weighted by Gasteiger charge is 2.31. The molecule has 1 saturated heterocycles. The molecule has 3 heterocycles. The molecule has 0 unspecified atom stereocenters. The number of nitrogens with one attached hydrogen (secondary N) is 2. The third-order valence-electron chi connectivity index (χ3n) is 7.27. The molecular formula is C27H25FIN6O5S-. The lowest BCUT2D eigenvalue weighted by Crippen LogP contribution is -2.39. The molecule has 6 rings (SSSR count). The average molecular weight is 692 g/mol. The van der Waals surface area contributed by atoms with Crippen molar-refractivity contribution in [2.45, 2.75) is 38.6 Å². The van der Waals surface area contributed by atoms with Crippen LogP contribution in [0.1, 0.15) is 37.3 Å². The number of rotatable bonds is 7. The summed E-state index contributed by atoms with van der Waals surface area (Å²) < 4.78 is 47.5. The van der Waals surface area contributed by atoms with E-state index in [0.29, 0.717) is 29.5 Å². The van der Waals surface area contributed by atoms with E-state index in [2.05, 4.69) is 15.0 Å². The van der Waals surface area contributed by atoms with Gasteiger partial charge in [-0.25, -0.2) is 14.2 Å². The van der Waals surface area contributed by atoms with Crippen LogP contribution in [0, 0.1) is 16.3 Å². The Bertz CT molecular complexity index is 1930. The van der Waals surface area contributed by atoms with Gasteiger partial charge in [0.05, 0.1) is 22.6 Å². The fraction of sp³-hybridized carbons (Fsp3) is 0.296. The predicted octanol–water partition coefficient (Wildman–Crippen LogP) is 3.50. The van der Waals surface area contributed by atoms with Crippen LogP contribution in [0.15, 0.2) is 52.1 Å². The molecule has 1 saturated carbocycles. The van der Waals surface area contributed by atoms with Crippen LogP contribution in [0.25, 0.3) is 16.6 Å². The number of fused-ring (bicyclic) bond motifs is 1. The number of pyridine rings is 1.